The first-order valence-electron chi connectivity index (χ1n) is 45.8. The summed E-state index contributed by atoms with van der Waals surface area (Å²) < 4.78 is 10.8. The quantitative estimate of drug-likeness (QED) is 0.0330. The van der Waals surface area contributed by atoms with E-state index < -0.39 is 0 Å². The monoisotopic (exact) mass is 1830 g/mol. The lowest BCUT2D eigenvalue weighted by Gasteiger charge is -2.19. The minimum absolute atomic E-state index is 0.0262. The summed E-state index contributed by atoms with van der Waals surface area (Å²) in [6.45, 7) is 29.2. The van der Waals surface area contributed by atoms with Gasteiger partial charge >= 0.3 is 0 Å². The van der Waals surface area contributed by atoms with Crippen LogP contribution in [0.5, 0.6) is 11.5 Å². The Morgan fingerprint density at radius 3 is 0.797 bits per heavy atom. The van der Waals surface area contributed by atoms with Gasteiger partial charge < -0.3 is 9.47 Å². The minimum atomic E-state index is -0.101. The highest BCUT2D eigenvalue weighted by Crippen LogP contribution is 2.39. The van der Waals surface area contributed by atoms with Crippen molar-refractivity contribution in [2.45, 2.75) is 240 Å². The van der Waals surface area contributed by atoms with Crippen LogP contribution in [0.15, 0.2) is 445 Å². The predicted molar refractivity (Wildman–Crippen MR) is 573 cm³/mol. The average Bonchev–Trinajstić information content (AvgIpc) is 0.792. The number of aryl methyl sites for hydroxylation is 4. The Balaban J connectivity index is 0.000000190. The van der Waals surface area contributed by atoms with Crippen LogP contribution in [0.3, 0.4) is 0 Å². The molecule has 0 saturated carbocycles. The van der Waals surface area contributed by atoms with Gasteiger partial charge in [-0.15, -0.1) is 0 Å². The average molecular weight is 1830 g/mol. The molecule has 14 aromatic rings. The Morgan fingerprint density at radius 2 is 0.516 bits per heavy atom. The molecule has 0 unspecified atom stereocenters. The molecule has 0 N–H and O–H groups in total. The van der Waals surface area contributed by atoms with E-state index in [9.17, 15) is 0 Å². The van der Waals surface area contributed by atoms with Crippen LogP contribution in [0, 0.1) is 20.8 Å². The molecule has 0 aliphatic rings. The third-order valence-corrected chi connectivity index (χ3v) is 34.9. The smallest absolute Gasteiger partial charge is 0.169 e. The van der Waals surface area contributed by atoms with Crippen LogP contribution in [0.4, 0.5) is 0 Å². The SMILES string of the molecule is CCCCCCc1ccc([S+](c2ccccc2)c2ccccc2)cc1.CCCC[S+](CCCC)CCCC.COc1c(C)cc([S+](c2ccccc2)c2ccccc2)cc1C.COc1ccc([S+](c2ccccc2)c2ccccc2)cc1.C[S+](C)C.C[S+](c1ccc(C(C)(C)C)cc1)c1ccc(C(C)(C)C)cc1.Cc1ccccc1[S+](c1ccccc1)c1ccccc1. The Kier molecular flexibility index (Phi) is 46.8. The van der Waals surface area contributed by atoms with E-state index in [1.165, 1.54) is 190 Å². The van der Waals surface area contributed by atoms with Crippen molar-refractivity contribution >= 4 is 76.3 Å². The van der Waals surface area contributed by atoms with Crippen LogP contribution in [-0.2, 0) is 93.5 Å². The molecule has 0 spiro atoms. The maximum atomic E-state index is 5.52. The standard InChI is InChI=1S/C24H27S.C21H21OS.C21H29S.C19H17OS.C19H17S.C12H27S.C3H9S/c1-2-3-4-7-12-21-17-19-24(20-18-21)25(22-13-8-5-9-14-22)23-15-10-6-11-16-23;1-16-14-20(15-17(2)21(16)22-3)23(18-10-6-4-7-11-18)19-12-8-5-9-13-19;1-20(2,3)16-8-12-18(13-9-16)22(7)19-14-10-17(11-15-19)21(4,5)6;1-20-16-12-14-19(15-13-16)21(17-8-4-2-5-9-17)18-10-6-3-7-11-18;1-16-10-8-9-15-19(16)20(17-11-4-2-5-12-17)18-13-6-3-7-14-18;1-4-7-10-13(11-8-5-2)12-9-6-3;1-4(2)3/h5-6,8-11,13-20H,2-4,7,12H2,1H3;4-15H,1-3H3;8-15H,1-7H3;2-15H,1H3;2-15H,1H3;4-12H2,1-3H3;1-3H3/q7*+1. The van der Waals surface area contributed by atoms with Gasteiger partial charge in [-0.25, -0.2) is 0 Å². The molecule has 670 valence electrons. The molecule has 0 aromatic heterocycles. The normalized spacial score (nSPS) is 11.1. The van der Waals surface area contributed by atoms with Gasteiger partial charge in [-0.05, 0) is 277 Å². The van der Waals surface area contributed by atoms with Crippen molar-refractivity contribution in [3.63, 3.8) is 0 Å². The molecule has 0 saturated heterocycles. The highest BCUT2D eigenvalue weighted by atomic mass is 32.2. The van der Waals surface area contributed by atoms with Crippen LogP contribution < -0.4 is 9.47 Å². The van der Waals surface area contributed by atoms with E-state index in [0.717, 1.165) is 22.4 Å². The third kappa shape index (κ3) is 35.1. The summed E-state index contributed by atoms with van der Waals surface area (Å²) in [7, 11) is 4.75. The van der Waals surface area contributed by atoms with E-state index in [1.54, 1.807) is 14.2 Å². The van der Waals surface area contributed by atoms with Crippen molar-refractivity contribution in [1.82, 2.24) is 0 Å². The first-order chi connectivity index (χ1) is 62.0. The molecule has 0 amide bonds. The fourth-order valence-corrected chi connectivity index (χ4v) is 27.0. The predicted octanol–water partition coefficient (Wildman–Crippen LogP) is 32.6. The first-order valence-corrected chi connectivity index (χ1v) is 56.5. The molecule has 2 nitrogen and oxygen atoms in total. The fraction of sp³-hybridized carbons (Fsp3) is 0.294. The Morgan fingerprint density at radius 1 is 0.250 bits per heavy atom. The van der Waals surface area contributed by atoms with Crippen LogP contribution >= 0.6 is 0 Å². The van der Waals surface area contributed by atoms with Crippen molar-refractivity contribution in [2.24, 2.45) is 0 Å². The zero-order valence-electron chi connectivity index (χ0n) is 80.4. The third-order valence-electron chi connectivity index (χ3n) is 21.3. The minimum Gasteiger partial charge on any atom is -0.497 e. The lowest BCUT2D eigenvalue weighted by atomic mass is 9.87. The molecule has 0 fully saturated rings. The summed E-state index contributed by atoms with van der Waals surface area (Å²) in [5.74, 6) is 6.41. The zero-order chi connectivity index (χ0) is 91.9. The molecule has 14 rings (SSSR count). The molecule has 0 aliphatic carbocycles. The maximum absolute atomic E-state index is 5.52. The van der Waals surface area contributed by atoms with Gasteiger partial charge in [-0.3, -0.25) is 0 Å². The van der Waals surface area contributed by atoms with Gasteiger partial charge in [0.2, 0.25) is 0 Å². The van der Waals surface area contributed by atoms with Gasteiger partial charge in [-0.1, -0.05) is 308 Å². The zero-order valence-corrected chi connectivity index (χ0v) is 86.1. The number of hydrogen-bond acceptors (Lipinski definition) is 2. The van der Waals surface area contributed by atoms with Crippen molar-refractivity contribution in [2.75, 3.05) is 56.5 Å². The summed E-state index contributed by atoms with van der Waals surface area (Å²) in [6.07, 6.45) is 23.9. The second-order valence-electron chi connectivity index (χ2n) is 34.3. The van der Waals surface area contributed by atoms with E-state index in [1.807, 2.05) is 12.1 Å². The second kappa shape index (κ2) is 57.3. The van der Waals surface area contributed by atoms with Crippen LogP contribution in [0.25, 0.3) is 0 Å². The number of benzene rings is 14. The van der Waals surface area contributed by atoms with Crippen molar-refractivity contribution in [1.29, 1.82) is 0 Å². The number of unbranched alkanes of at least 4 members (excludes halogenated alkanes) is 6. The van der Waals surface area contributed by atoms with Crippen LogP contribution in [-0.4, -0.2) is 56.5 Å². The van der Waals surface area contributed by atoms with Crippen LogP contribution in [0.1, 0.15) is 167 Å². The highest BCUT2D eigenvalue weighted by Gasteiger charge is 2.34. The van der Waals surface area contributed by atoms with Crippen molar-refractivity contribution in [3.8, 4) is 11.5 Å². The Labute approximate surface area is 796 Å². The van der Waals surface area contributed by atoms with Gasteiger partial charge in [0.05, 0.1) is 87.5 Å². The molecule has 0 atom stereocenters. The van der Waals surface area contributed by atoms with E-state index in [2.05, 4.69) is 479 Å². The van der Waals surface area contributed by atoms with E-state index in [4.69, 9.17) is 9.47 Å². The highest BCUT2D eigenvalue weighted by molar-refractivity contribution is 7.98. The molecule has 0 radical (unpaired) electrons. The summed E-state index contributed by atoms with van der Waals surface area (Å²) in [5, 5.41) is 0. The van der Waals surface area contributed by atoms with Crippen LogP contribution in [0.2, 0.25) is 0 Å². The van der Waals surface area contributed by atoms with E-state index in [-0.39, 0.29) is 65.3 Å². The lowest BCUT2D eigenvalue weighted by Crippen LogP contribution is -2.16. The number of hydrogen-bond donors (Lipinski definition) is 0. The Bertz CT molecular complexity index is 5000. The summed E-state index contributed by atoms with van der Waals surface area (Å²) in [4.78, 5) is 19.1. The fourth-order valence-electron chi connectivity index (χ4n) is 14.3. The van der Waals surface area contributed by atoms with Gasteiger partial charge in [0.25, 0.3) is 0 Å². The summed E-state index contributed by atoms with van der Waals surface area (Å²) in [6, 6.07) is 135. The number of methoxy groups -OCH3 is 2. The van der Waals surface area contributed by atoms with Gasteiger partial charge in [0.1, 0.15) is 35.0 Å². The molecule has 0 heterocycles. The molecule has 14 aromatic carbocycles. The maximum Gasteiger partial charge on any atom is 0.169 e. The number of ether oxygens (including phenoxy) is 2. The van der Waals surface area contributed by atoms with Gasteiger partial charge in [0.15, 0.2) is 68.5 Å². The molecule has 9 heteroatoms. The molecule has 0 bridgehead atoms. The molecule has 0 aliphatic heterocycles. The molecule has 128 heavy (non-hydrogen) atoms. The summed E-state index contributed by atoms with van der Waals surface area (Å²) in [5.41, 5.74) is 8.43. The topological polar surface area (TPSA) is 18.5 Å². The van der Waals surface area contributed by atoms with Crippen molar-refractivity contribution in [3.05, 3.63) is 409 Å². The van der Waals surface area contributed by atoms with Gasteiger partial charge in [0, 0.05) is 17.7 Å². The molecular formula is C119H147O2S7+7. The summed E-state index contributed by atoms with van der Waals surface area (Å²) >= 11 is 0. The van der Waals surface area contributed by atoms with Crippen molar-refractivity contribution < 1.29 is 9.47 Å². The van der Waals surface area contributed by atoms with E-state index >= 15 is 0 Å². The first kappa shape index (κ1) is 104. The lowest BCUT2D eigenvalue weighted by molar-refractivity contribution is 0.408. The largest absolute Gasteiger partial charge is 0.497 e. The number of rotatable bonds is 30. The Hall–Kier alpha value is -8.87. The second-order valence-corrected chi connectivity index (χ2v) is 49.2. The van der Waals surface area contributed by atoms with Gasteiger partial charge in [-0.2, -0.15) is 0 Å². The van der Waals surface area contributed by atoms with E-state index in [0.29, 0.717) is 10.9 Å². The molecular weight excluding hydrogens is 1690 g/mol.